The van der Waals surface area contributed by atoms with Gasteiger partial charge in [-0.3, -0.25) is 4.79 Å². The lowest BCUT2D eigenvalue weighted by Gasteiger charge is -2.44. The fraction of sp³-hybridized carbons (Fsp3) is 0.900. The molecule has 1 aliphatic heterocycles. The lowest BCUT2D eigenvalue weighted by Crippen LogP contribution is -2.58. The standard InChI is InChI=1S/C10H20N2O2/c1-10(2,3)12-8(4-5-11)6-14-7-9(12)13/h8H,4-7,11H2,1-3H3. The van der Waals surface area contributed by atoms with Crippen LogP contribution in [0.1, 0.15) is 27.2 Å². The van der Waals surface area contributed by atoms with Crippen LogP contribution in [0, 0.1) is 0 Å². The predicted octanol–water partition coefficient (Wildman–Crippen LogP) is 0.361. The van der Waals surface area contributed by atoms with Gasteiger partial charge in [0.1, 0.15) is 6.61 Å². The van der Waals surface area contributed by atoms with E-state index >= 15 is 0 Å². The fourth-order valence-electron chi connectivity index (χ4n) is 1.96. The van der Waals surface area contributed by atoms with Crippen LogP contribution in [-0.4, -0.2) is 42.1 Å². The summed E-state index contributed by atoms with van der Waals surface area (Å²) in [6.45, 7) is 7.53. The van der Waals surface area contributed by atoms with Crippen molar-refractivity contribution in [2.75, 3.05) is 19.8 Å². The summed E-state index contributed by atoms with van der Waals surface area (Å²) in [5.74, 6) is 0.0715. The molecule has 0 aromatic carbocycles. The number of carbonyl (C=O) groups excluding carboxylic acids is 1. The molecule has 82 valence electrons. The average molecular weight is 200 g/mol. The molecule has 0 bridgehead atoms. The number of rotatable bonds is 2. The summed E-state index contributed by atoms with van der Waals surface area (Å²) in [6, 6.07) is 0.140. The molecule has 1 aliphatic rings. The minimum absolute atomic E-state index is 0.0715. The van der Waals surface area contributed by atoms with Gasteiger partial charge in [-0.1, -0.05) is 0 Å². The van der Waals surface area contributed by atoms with E-state index in [2.05, 4.69) is 0 Å². The smallest absolute Gasteiger partial charge is 0.249 e. The van der Waals surface area contributed by atoms with Gasteiger partial charge in [-0.05, 0) is 33.7 Å². The molecule has 2 N–H and O–H groups in total. The Bertz CT molecular complexity index is 209. The fourth-order valence-corrected chi connectivity index (χ4v) is 1.96. The minimum atomic E-state index is -0.138. The summed E-state index contributed by atoms with van der Waals surface area (Å²) in [5.41, 5.74) is 5.38. The molecule has 1 saturated heterocycles. The lowest BCUT2D eigenvalue weighted by atomic mass is 10.00. The van der Waals surface area contributed by atoms with Crippen LogP contribution in [0.4, 0.5) is 0 Å². The Labute approximate surface area is 85.4 Å². The Kier molecular flexibility index (Phi) is 3.50. The zero-order chi connectivity index (χ0) is 10.8. The Morgan fingerprint density at radius 2 is 2.21 bits per heavy atom. The number of ether oxygens (including phenoxy) is 1. The first-order chi connectivity index (χ1) is 6.46. The van der Waals surface area contributed by atoms with Crippen molar-refractivity contribution < 1.29 is 9.53 Å². The van der Waals surface area contributed by atoms with E-state index in [-0.39, 0.29) is 24.1 Å². The van der Waals surface area contributed by atoms with Gasteiger partial charge in [-0.25, -0.2) is 0 Å². The molecule has 4 nitrogen and oxygen atoms in total. The molecule has 1 fully saturated rings. The SMILES string of the molecule is CC(C)(C)N1C(=O)COCC1CCN. The summed E-state index contributed by atoms with van der Waals surface area (Å²) in [4.78, 5) is 13.6. The zero-order valence-electron chi connectivity index (χ0n) is 9.25. The van der Waals surface area contributed by atoms with E-state index in [1.165, 1.54) is 0 Å². The van der Waals surface area contributed by atoms with E-state index in [0.29, 0.717) is 13.2 Å². The van der Waals surface area contributed by atoms with Crippen LogP contribution in [0.5, 0.6) is 0 Å². The molecule has 1 amide bonds. The van der Waals surface area contributed by atoms with Gasteiger partial charge in [-0.2, -0.15) is 0 Å². The Morgan fingerprint density at radius 1 is 1.57 bits per heavy atom. The second kappa shape index (κ2) is 4.28. The van der Waals surface area contributed by atoms with Gasteiger partial charge < -0.3 is 15.4 Å². The molecule has 14 heavy (non-hydrogen) atoms. The third-order valence-corrected chi connectivity index (χ3v) is 2.39. The van der Waals surface area contributed by atoms with E-state index in [4.69, 9.17) is 10.5 Å². The highest BCUT2D eigenvalue weighted by Gasteiger charge is 2.35. The van der Waals surface area contributed by atoms with E-state index < -0.39 is 0 Å². The number of carbonyl (C=O) groups is 1. The van der Waals surface area contributed by atoms with Gasteiger partial charge in [0, 0.05) is 5.54 Å². The largest absolute Gasteiger partial charge is 0.369 e. The van der Waals surface area contributed by atoms with Crippen LogP contribution in [0.3, 0.4) is 0 Å². The number of nitrogens with two attached hydrogens (primary N) is 1. The van der Waals surface area contributed by atoms with Crippen LogP contribution in [0.25, 0.3) is 0 Å². The molecule has 1 rings (SSSR count). The van der Waals surface area contributed by atoms with E-state index in [1.54, 1.807) is 0 Å². The third kappa shape index (κ3) is 2.45. The van der Waals surface area contributed by atoms with Gasteiger partial charge in [0.25, 0.3) is 0 Å². The van der Waals surface area contributed by atoms with Crippen LogP contribution in [0.15, 0.2) is 0 Å². The predicted molar refractivity (Wildman–Crippen MR) is 54.9 cm³/mol. The molecule has 0 aliphatic carbocycles. The van der Waals surface area contributed by atoms with Crippen molar-refractivity contribution in [1.29, 1.82) is 0 Å². The van der Waals surface area contributed by atoms with Crippen molar-refractivity contribution in [2.45, 2.75) is 38.8 Å². The van der Waals surface area contributed by atoms with Gasteiger partial charge in [-0.15, -0.1) is 0 Å². The minimum Gasteiger partial charge on any atom is -0.369 e. The highest BCUT2D eigenvalue weighted by molar-refractivity contribution is 5.79. The molecule has 0 aromatic heterocycles. The molecule has 1 atom stereocenters. The molecular formula is C10H20N2O2. The monoisotopic (exact) mass is 200 g/mol. The third-order valence-electron chi connectivity index (χ3n) is 2.39. The van der Waals surface area contributed by atoms with E-state index in [0.717, 1.165) is 6.42 Å². The molecule has 0 aromatic rings. The second-order valence-electron chi connectivity index (χ2n) is 4.68. The average Bonchev–Trinajstić information content (AvgIpc) is 2.02. The number of nitrogens with zero attached hydrogens (tertiary/aromatic N) is 1. The molecule has 0 radical (unpaired) electrons. The number of morpholine rings is 1. The number of hydrogen-bond acceptors (Lipinski definition) is 3. The van der Waals surface area contributed by atoms with Crippen LogP contribution >= 0.6 is 0 Å². The topological polar surface area (TPSA) is 55.6 Å². The first kappa shape index (κ1) is 11.5. The van der Waals surface area contributed by atoms with Crippen molar-refractivity contribution in [1.82, 2.24) is 4.90 Å². The van der Waals surface area contributed by atoms with Gasteiger partial charge in [0.2, 0.25) is 5.91 Å². The molecule has 4 heteroatoms. The molecule has 1 unspecified atom stereocenters. The van der Waals surface area contributed by atoms with Crippen molar-refractivity contribution in [2.24, 2.45) is 5.73 Å². The molecule has 1 heterocycles. The second-order valence-corrected chi connectivity index (χ2v) is 4.68. The quantitative estimate of drug-likeness (QED) is 0.700. The number of amides is 1. The highest BCUT2D eigenvalue weighted by Crippen LogP contribution is 2.22. The molecule has 0 spiro atoms. The van der Waals surface area contributed by atoms with Gasteiger partial charge >= 0.3 is 0 Å². The first-order valence-corrected chi connectivity index (χ1v) is 5.07. The van der Waals surface area contributed by atoms with Crippen LogP contribution < -0.4 is 5.73 Å². The molecular weight excluding hydrogens is 180 g/mol. The summed E-state index contributed by atoms with van der Waals surface area (Å²) in [6.07, 6.45) is 0.809. The Morgan fingerprint density at radius 3 is 2.71 bits per heavy atom. The summed E-state index contributed by atoms with van der Waals surface area (Å²) < 4.78 is 5.23. The maximum absolute atomic E-state index is 11.7. The van der Waals surface area contributed by atoms with Crippen molar-refractivity contribution >= 4 is 5.91 Å². The Balaban J connectivity index is 2.76. The zero-order valence-corrected chi connectivity index (χ0v) is 9.25. The first-order valence-electron chi connectivity index (χ1n) is 5.07. The van der Waals surface area contributed by atoms with E-state index in [1.807, 2.05) is 25.7 Å². The number of hydrogen-bond donors (Lipinski definition) is 1. The van der Waals surface area contributed by atoms with Crippen molar-refractivity contribution in [3.8, 4) is 0 Å². The Hall–Kier alpha value is -0.610. The maximum atomic E-state index is 11.7. The maximum Gasteiger partial charge on any atom is 0.249 e. The molecule has 0 saturated carbocycles. The van der Waals surface area contributed by atoms with Crippen LogP contribution in [-0.2, 0) is 9.53 Å². The summed E-state index contributed by atoms with van der Waals surface area (Å²) in [7, 11) is 0. The summed E-state index contributed by atoms with van der Waals surface area (Å²) in [5, 5.41) is 0. The van der Waals surface area contributed by atoms with Crippen molar-refractivity contribution in [3.63, 3.8) is 0 Å². The van der Waals surface area contributed by atoms with E-state index in [9.17, 15) is 4.79 Å². The lowest BCUT2D eigenvalue weighted by molar-refractivity contribution is -0.156. The van der Waals surface area contributed by atoms with Crippen molar-refractivity contribution in [3.05, 3.63) is 0 Å². The van der Waals surface area contributed by atoms with Gasteiger partial charge in [0.15, 0.2) is 0 Å². The van der Waals surface area contributed by atoms with Crippen LogP contribution in [0.2, 0.25) is 0 Å². The van der Waals surface area contributed by atoms with Gasteiger partial charge in [0.05, 0.1) is 12.6 Å². The summed E-state index contributed by atoms with van der Waals surface area (Å²) >= 11 is 0. The normalized spacial score (nSPS) is 24.1. The highest BCUT2D eigenvalue weighted by atomic mass is 16.5.